The lowest BCUT2D eigenvalue weighted by Crippen LogP contribution is -2.13. The molecule has 37 heavy (non-hydrogen) atoms. The maximum absolute atomic E-state index is 13.0. The number of anilines is 3. The van der Waals surface area contributed by atoms with Crippen LogP contribution in [0.3, 0.4) is 0 Å². The Bertz CT molecular complexity index is 1610. The Hall–Kier alpha value is -4.37. The highest BCUT2D eigenvalue weighted by molar-refractivity contribution is 6.30. The van der Waals surface area contributed by atoms with Crippen molar-refractivity contribution in [3.05, 3.63) is 101 Å². The number of hydrogen-bond acceptors (Lipinski definition) is 4. The van der Waals surface area contributed by atoms with Crippen LogP contribution in [0.2, 0.25) is 5.02 Å². The monoisotopic (exact) mass is 521 g/mol. The number of aromatic amines is 1. The van der Waals surface area contributed by atoms with Gasteiger partial charge in [0.2, 0.25) is 0 Å². The first-order valence-corrected chi connectivity index (χ1v) is 11.5. The number of nitrogens with one attached hydrogen (secondary N) is 3. The van der Waals surface area contributed by atoms with Gasteiger partial charge in [0, 0.05) is 33.7 Å². The number of halogens is 4. The molecule has 0 fully saturated rings. The van der Waals surface area contributed by atoms with Crippen LogP contribution in [0.1, 0.15) is 21.5 Å². The summed E-state index contributed by atoms with van der Waals surface area (Å²) in [5.74, 6) is 0.442. The number of aromatic nitrogens is 3. The molecule has 3 aromatic carbocycles. The lowest BCUT2D eigenvalue weighted by Gasteiger charge is -2.14. The lowest BCUT2D eigenvalue weighted by molar-refractivity contribution is -0.137. The number of carbonyl (C=O) groups is 1. The van der Waals surface area contributed by atoms with Crippen LogP contribution < -0.4 is 10.6 Å². The summed E-state index contributed by atoms with van der Waals surface area (Å²) in [6.45, 7) is 1.87. The summed E-state index contributed by atoms with van der Waals surface area (Å²) in [7, 11) is 0. The molecule has 2 aromatic heterocycles. The number of hydrogen-bond donors (Lipinski definition) is 3. The molecule has 5 aromatic rings. The molecule has 0 atom stereocenters. The van der Waals surface area contributed by atoms with Crippen LogP contribution in [0.4, 0.5) is 30.4 Å². The van der Waals surface area contributed by atoms with Gasteiger partial charge in [-0.05, 0) is 73.2 Å². The molecule has 10 heteroatoms. The molecule has 186 valence electrons. The first kappa shape index (κ1) is 24.3. The second-order valence-corrected chi connectivity index (χ2v) is 8.76. The predicted octanol–water partition coefficient (Wildman–Crippen LogP) is 7.60. The van der Waals surface area contributed by atoms with Crippen LogP contribution in [0.25, 0.3) is 22.4 Å². The van der Waals surface area contributed by atoms with Gasteiger partial charge in [0.05, 0.1) is 11.1 Å². The van der Waals surface area contributed by atoms with E-state index in [1.807, 2.05) is 25.1 Å². The maximum Gasteiger partial charge on any atom is 0.416 e. The largest absolute Gasteiger partial charge is 0.416 e. The number of nitrogens with zero attached hydrogens (tertiary/aromatic N) is 2. The molecule has 2 heterocycles. The van der Waals surface area contributed by atoms with E-state index in [9.17, 15) is 18.0 Å². The Labute approximate surface area is 214 Å². The van der Waals surface area contributed by atoms with Crippen molar-refractivity contribution in [2.45, 2.75) is 13.1 Å². The molecule has 0 saturated carbocycles. The van der Waals surface area contributed by atoms with Crippen molar-refractivity contribution in [3.8, 4) is 11.4 Å². The fourth-order valence-corrected chi connectivity index (χ4v) is 3.89. The fraction of sp³-hybridized carbons (Fsp3) is 0.0741. The van der Waals surface area contributed by atoms with E-state index in [1.165, 1.54) is 12.1 Å². The van der Waals surface area contributed by atoms with Crippen LogP contribution in [-0.4, -0.2) is 20.9 Å². The van der Waals surface area contributed by atoms with Gasteiger partial charge in [0.25, 0.3) is 5.91 Å². The molecule has 0 aliphatic carbocycles. The number of benzene rings is 3. The van der Waals surface area contributed by atoms with Crippen LogP contribution >= 0.6 is 11.6 Å². The van der Waals surface area contributed by atoms with Crippen LogP contribution in [-0.2, 0) is 6.18 Å². The summed E-state index contributed by atoms with van der Waals surface area (Å²) in [6, 6.07) is 18.5. The summed E-state index contributed by atoms with van der Waals surface area (Å²) >= 11 is 6.01. The summed E-state index contributed by atoms with van der Waals surface area (Å²) in [6.07, 6.45) is -2.75. The Morgan fingerprint density at radius 3 is 2.51 bits per heavy atom. The van der Waals surface area contributed by atoms with E-state index >= 15 is 0 Å². The van der Waals surface area contributed by atoms with Gasteiger partial charge in [0.15, 0.2) is 11.6 Å². The second-order valence-electron chi connectivity index (χ2n) is 8.33. The topological polar surface area (TPSA) is 82.7 Å². The normalized spacial score (nSPS) is 11.5. The first-order chi connectivity index (χ1) is 17.7. The van der Waals surface area contributed by atoms with Crippen molar-refractivity contribution in [2.75, 3.05) is 10.6 Å². The van der Waals surface area contributed by atoms with E-state index in [4.69, 9.17) is 11.6 Å². The molecule has 0 bridgehead atoms. The molecule has 5 rings (SSSR count). The molecule has 6 nitrogen and oxygen atoms in total. The van der Waals surface area contributed by atoms with Gasteiger partial charge in [-0.1, -0.05) is 23.7 Å². The average Bonchev–Trinajstić information content (AvgIpc) is 3.34. The third-order valence-corrected chi connectivity index (χ3v) is 5.96. The number of fused-ring (bicyclic) bond motifs is 1. The minimum Gasteiger partial charge on any atom is -0.357 e. The smallest absolute Gasteiger partial charge is 0.357 e. The van der Waals surface area contributed by atoms with Gasteiger partial charge in [-0.2, -0.15) is 13.2 Å². The van der Waals surface area contributed by atoms with Crippen molar-refractivity contribution in [3.63, 3.8) is 0 Å². The Morgan fingerprint density at radius 2 is 1.76 bits per heavy atom. The van der Waals surface area contributed by atoms with Crippen molar-refractivity contribution < 1.29 is 18.0 Å². The molecule has 0 radical (unpaired) electrons. The van der Waals surface area contributed by atoms with Gasteiger partial charge in [0.1, 0.15) is 5.52 Å². The first-order valence-electron chi connectivity index (χ1n) is 11.1. The molecule has 0 spiro atoms. The summed E-state index contributed by atoms with van der Waals surface area (Å²) < 4.78 is 39.1. The van der Waals surface area contributed by atoms with Crippen LogP contribution in [0, 0.1) is 6.92 Å². The zero-order chi connectivity index (χ0) is 26.2. The summed E-state index contributed by atoms with van der Waals surface area (Å²) in [5, 5.41) is 6.40. The van der Waals surface area contributed by atoms with E-state index in [-0.39, 0.29) is 11.3 Å². The molecular weight excluding hydrogens is 503 g/mol. The Kier molecular flexibility index (Phi) is 6.31. The quantitative estimate of drug-likeness (QED) is 0.222. The molecule has 0 aliphatic rings. The molecular formula is C27H19ClF3N5O. The zero-order valence-electron chi connectivity index (χ0n) is 19.3. The van der Waals surface area contributed by atoms with Gasteiger partial charge < -0.3 is 15.6 Å². The second kappa shape index (κ2) is 9.59. The van der Waals surface area contributed by atoms with E-state index < -0.39 is 17.6 Å². The zero-order valence-corrected chi connectivity index (χ0v) is 20.1. The SMILES string of the molecule is Cc1ccc(C(=O)Nc2cccc(C(F)(F)F)c2)cc1Nc1nc(-c2ccc(Cl)cc2)nc2cc[nH]c12. The van der Waals surface area contributed by atoms with Crippen molar-refractivity contribution >= 4 is 45.7 Å². The third kappa shape index (κ3) is 5.26. The standard InChI is InChI=1S/C27H19ClF3N5O/c1-15-5-6-17(26(37)33-20-4-2-3-18(14-20)27(29,30)31)13-22(15)35-25-23-21(11-12-32-23)34-24(36-25)16-7-9-19(28)10-8-16/h2-14,32H,1H3,(H,33,37)(H,34,35,36). The molecule has 0 unspecified atom stereocenters. The maximum atomic E-state index is 13.0. The highest BCUT2D eigenvalue weighted by Gasteiger charge is 2.30. The van der Waals surface area contributed by atoms with Gasteiger partial charge in [-0.3, -0.25) is 4.79 Å². The minimum atomic E-state index is -4.51. The molecule has 3 N–H and O–H groups in total. The summed E-state index contributed by atoms with van der Waals surface area (Å²) in [5.41, 5.74) is 3.06. The molecule has 0 aliphatic heterocycles. The highest BCUT2D eigenvalue weighted by Crippen LogP contribution is 2.31. The number of rotatable bonds is 5. The van der Waals surface area contributed by atoms with Crippen molar-refractivity contribution in [2.24, 2.45) is 0 Å². The Morgan fingerprint density at radius 1 is 0.973 bits per heavy atom. The fourth-order valence-electron chi connectivity index (χ4n) is 3.77. The molecule has 1 amide bonds. The van der Waals surface area contributed by atoms with Crippen LogP contribution in [0.5, 0.6) is 0 Å². The summed E-state index contributed by atoms with van der Waals surface area (Å²) in [4.78, 5) is 25.3. The highest BCUT2D eigenvalue weighted by atomic mass is 35.5. The molecule has 0 saturated heterocycles. The number of amides is 1. The third-order valence-electron chi connectivity index (χ3n) is 5.71. The van der Waals surface area contributed by atoms with Crippen LogP contribution in [0.15, 0.2) is 79.0 Å². The predicted molar refractivity (Wildman–Crippen MR) is 138 cm³/mol. The lowest BCUT2D eigenvalue weighted by atomic mass is 10.1. The van der Waals surface area contributed by atoms with E-state index in [2.05, 4.69) is 25.6 Å². The number of H-pyrrole nitrogens is 1. The average molecular weight is 522 g/mol. The number of carbonyl (C=O) groups excluding carboxylic acids is 1. The van der Waals surface area contributed by atoms with Gasteiger partial charge in [-0.15, -0.1) is 0 Å². The van der Waals surface area contributed by atoms with Crippen molar-refractivity contribution in [1.82, 2.24) is 15.0 Å². The van der Waals surface area contributed by atoms with Gasteiger partial charge in [-0.25, -0.2) is 9.97 Å². The van der Waals surface area contributed by atoms with E-state index in [0.717, 1.165) is 23.3 Å². The van der Waals surface area contributed by atoms with E-state index in [0.29, 0.717) is 33.4 Å². The van der Waals surface area contributed by atoms with Crippen molar-refractivity contribution in [1.29, 1.82) is 0 Å². The number of alkyl halides is 3. The van der Waals surface area contributed by atoms with E-state index in [1.54, 1.807) is 36.5 Å². The minimum absolute atomic E-state index is 0.0476. The Balaban J connectivity index is 1.45. The van der Waals surface area contributed by atoms with Gasteiger partial charge >= 0.3 is 6.18 Å². The number of aryl methyl sites for hydroxylation is 1.